The maximum Gasteiger partial charge on any atom is 0.277 e. The largest absolute Gasteiger partial charge is 0.448 e. The molecule has 1 aromatic heterocycles. The Morgan fingerprint density at radius 2 is 2.04 bits per heavy atom. The van der Waals surface area contributed by atoms with E-state index in [9.17, 15) is 4.79 Å². The fourth-order valence-electron chi connectivity index (χ4n) is 2.97. The van der Waals surface area contributed by atoms with Crippen molar-refractivity contribution in [1.82, 2.24) is 10.3 Å². The first-order valence-electron chi connectivity index (χ1n) is 8.74. The van der Waals surface area contributed by atoms with Crippen LogP contribution in [-0.4, -0.2) is 24.0 Å². The minimum absolute atomic E-state index is 0.227. The third kappa shape index (κ3) is 3.85. The van der Waals surface area contributed by atoms with Crippen LogP contribution in [0.5, 0.6) is 0 Å². The molecule has 2 N–H and O–H groups in total. The molecule has 0 spiro atoms. The zero-order chi connectivity index (χ0) is 16.9. The van der Waals surface area contributed by atoms with Crippen LogP contribution in [0.2, 0.25) is 0 Å². The van der Waals surface area contributed by atoms with Crippen LogP contribution in [0.25, 0.3) is 0 Å². The number of rotatable bonds is 5. The van der Waals surface area contributed by atoms with Gasteiger partial charge < -0.3 is 15.1 Å². The van der Waals surface area contributed by atoms with E-state index in [1.165, 1.54) is 11.8 Å². The Labute approximate surface area is 142 Å². The lowest BCUT2D eigenvalue weighted by atomic mass is 9.98. The maximum absolute atomic E-state index is 12.3. The molecular formula is C19H25N3O2. The molecule has 0 radical (unpaired) electrons. The highest BCUT2D eigenvalue weighted by Crippen LogP contribution is 2.25. The fraction of sp³-hybridized carbons (Fsp3) is 0.474. The molecule has 1 aliphatic heterocycles. The van der Waals surface area contributed by atoms with Crippen LogP contribution in [0.4, 0.5) is 5.69 Å². The van der Waals surface area contributed by atoms with Crippen molar-refractivity contribution in [3.05, 3.63) is 47.7 Å². The summed E-state index contributed by atoms with van der Waals surface area (Å²) in [6, 6.07) is 8.00. The van der Waals surface area contributed by atoms with E-state index in [1.54, 1.807) is 0 Å². The normalized spacial score (nSPS) is 16.8. The number of amides is 1. The third-order valence-corrected chi connectivity index (χ3v) is 4.79. The Kier molecular flexibility index (Phi) is 5.30. The molecule has 0 saturated carbocycles. The molecule has 5 nitrogen and oxygen atoms in total. The molecule has 1 fully saturated rings. The van der Waals surface area contributed by atoms with Gasteiger partial charge in [-0.3, -0.25) is 4.79 Å². The van der Waals surface area contributed by atoms with E-state index in [0.717, 1.165) is 38.0 Å². The van der Waals surface area contributed by atoms with Crippen molar-refractivity contribution < 1.29 is 9.21 Å². The molecule has 1 saturated heterocycles. The molecule has 24 heavy (non-hydrogen) atoms. The Bertz CT molecular complexity index is 672. The summed E-state index contributed by atoms with van der Waals surface area (Å²) in [5.41, 5.74) is 2.40. The number of anilines is 1. The first-order chi connectivity index (χ1) is 11.7. The van der Waals surface area contributed by atoms with Crippen molar-refractivity contribution in [3.63, 3.8) is 0 Å². The number of oxazole rings is 1. The number of carbonyl (C=O) groups excluding carboxylic acids is 1. The van der Waals surface area contributed by atoms with Gasteiger partial charge in [0.25, 0.3) is 5.91 Å². The van der Waals surface area contributed by atoms with Crippen LogP contribution < -0.4 is 10.6 Å². The molecular weight excluding hydrogens is 302 g/mol. The van der Waals surface area contributed by atoms with Gasteiger partial charge in [0.1, 0.15) is 6.26 Å². The molecule has 1 amide bonds. The van der Waals surface area contributed by atoms with Gasteiger partial charge in [0, 0.05) is 11.6 Å². The summed E-state index contributed by atoms with van der Waals surface area (Å²) in [7, 11) is 0. The standard InChI is InChI=1S/C19H25N3O2/c1-3-13(2)14-4-6-16(7-5-14)21-18(23)17-12-24-19(22-17)15-8-10-20-11-9-15/h4-7,12-13,15,20H,3,8-11H2,1-2H3,(H,21,23). The highest BCUT2D eigenvalue weighted by atomic mass is 16.3. The molecule has 2 heterocycles. The van der Waals surface area contributed by atoms with E-state index >= 15 is 0 Å². The number of aromatic nitrogens is 1. The Balaban J connectivity index is 1.63. The quantitative estimate of drug-likeness (QED) is 0.874. The number of hydrogen-bond acceptors (Lipinski definition) is 4. The van der Waals surface area contributed by atoms with Crippen molar-refractivity contribution in [2.24, 2.45) is 0 Å². The number of nitrogens with zero attached hydrogens (tertiary/aromatic N) is 1. The number of hydrogen-bond donors (Lipinski definition) is 2. The topological polar surface area (TPSA) is 67.2 Å². The monoisotopic (exact) mass is 327 g/mol. The number of nitrogens with one attached hydrogen (secondary N) is 2. The molecule has 2 aromatic rings. The van der Waals surface area contributed by atoms with E-state index in [4.69, 9.17) is 4.42 Å². The fourth-order valence-corrected chi connectivity index (χ4v) is 2.97. The Morgan fingerprint density at radius 3 is 2.71 bits per heavy atom. The predicted octanol–water partition coefficient (Wildman–Crippen LogP) is 3.91. The minimum atomic E-state index is -0.227. The molecule has 0 aliphatic carbocycles. The van der Waals surface area contributed by atoms with Gasteiger partial charge in [0.2, 0.25) is 0 Å². The van der Waals surface area contributed by atoms with Crippen LogP contribution in [-0.2, 0) is 0 Å². The predicted molar refractivity (Wildman–Crippen MR) is 94.4 cm³/mol. The van der Waals surface area contributed by atoms with Gasteiger partial charge >= 0.3 is 0 Å². The third-order valence-electron chi connectivity index (χ3n) is 4.79. The number of carbonyl (C=O) groups is 1. The Hall–Kier alpha value is -2.14. The summed E-state index contributed by atoms with van der Waals surface area (Å²) in [5.74, 6) is 1.28. The average Bonchev–Trinajstić information content (AvgIpc) is 3.13. The van der Waals surface area contributed by atoms with Gasteiger partial charge in [-0.05, 0) is 56.0 Å². The summed E-state index contributed by atoms with van der Waals surface area (Å²) >= 11 is 0. The molecule has 1 atom stereocenters. The van der Waals surface area contributed by atoms with Crippen LogP contribution in [0.1, 0.15) is 66.9 Å². The smallest absolute Gasteiger partial charge is 0.277 e. The first-order valence-corrected chi connectivity index (χ1v) is 8.74. The highest BCUT2D eigenvalue weighted by molar-refractivity contribution is 6.02. The molecule has 1 unspecified atom stereocenters. The van der Waals surface area contributed by atoms with Gasteiger partial charge in [0.15, 0.2) is 11.6 Å². The summed E-state index contributed by atoms with van der Waals surface area (Å²) in [5, 5.41) is 6.20. The minimum Gasteiger partial charge on any atom is -0.448 e. The van der Waals surface area contributed by atoms with E-state index in [0.29, 0.717) is 23.4 Å². The lowest BCUT2D eigenvalue weighted by Gasteiger charge is -2.19. The number of benzene rings is 1. The van der Waals surface area contributed by atoms with Crippen molar-refractivity contribution in [3.8, 4) is 0 Å². The highest BCUT2D eigenvalue weighted by Gasteiger charge is 2.22. The second-order valence-corrected chi connectivity index (χ2v) is 6.48. The lowest BCUT2D eigenvalue weighted by Crippen LogP contribution is -2.26. The van der Waals surface area contributed by atoms with Crippen molar-refractivity contribution in [2.75, 3.05) is 18.4 Å². The molecule has 3 rings (SSSR count). The van der Waals surface area contributed by atoms with E-state index in [2.05, 4.69) is 41.6 Å². The van der Waals surface area contributed by atoms with Crippen LogP contribution in [0.15, 0.2) is 34.9 Å². The second kappa shape index (κ2) is 7.62. The molecule has 1 aliphatic rings. The zero-order valence-electron chi connectivity index (χ0n) is 14.3. The Morgan fingerprint density at radius 1 is 1.33 bits per heavy atom. The van der Waals surface area contributed by atoms with Gasteiger partial charge in [-0.1, -0.05) is 26.0 Å². The van der Waals surface area contributed by atoms with Crippen molar-refractivity contribution in [1.29, 1.82) is 0 Å². The lowest BCUT2D eigenvalue weighted by molar-refractivity contribution is 0.102. The molecule has 128 valence electrons. The SMILES string of the molecule is CCC(C)c1ccc(NC(=O)c2coc(C3CCNCC3)n2)cc1. The average molecular weight is 327 g/mol. The van der Waals surface area contributed by atoms with Crippen molar-refractivity contribution >= 4 is 11.6 Å². The van der Waals surface area contributed by atoms with E-state index in [-0.39, 0.29) is 5.91 Å². The van der Waals surface area contributed by atoms with Gasteiger partial charge in [0.05, 0.1) is 0 Å². The van der Waals surface area contributed by atoms with Gasteiger partial charge in [-0.15, -0.1) is 0 Å². The van der Waals surface area contributed by atoms with Crippen molar-refractivity contribution in [2.45, 2.75) is 44.9 Å². The van der Waals surface area contributed by atoms with Gasteiger partial charge in [-0.25, -0.2) is 4.98 Å². The summed E-state index contributed by atoms with van der Waals surface area (Å²) < 4.78 is 5.53. The van der Waals surface area contributed by atoms with E-state index in [1.807, 2.05) is 12.1 Å². The zero-order valence-corrected chi connectivity index (χ0v) is 14.3. The first kappa shape index (κ1) is 16.7. The summed E-state index contributed by atoms with van der Waals surface area (Å²) in [6.45, 7) is 6.31. The second-order valence-electron chi connectivity index (χ2n) is 6.48. The summed E-state index contributed by atoms with van der Waals surface area (Å²) in [6.07, 6.45) is 4.56. The van der Waals surface area contributed by atoms with Crippen LogP contribution >= 0.6 is 0 Å². The van der Waals surface area contributed by atoms with E-state index < -0.39 is 0 Å². The number of piperidine rings is 1. The summed E-state index contributed by atoms with van der Waals surface area (Å²) in [4.78, 5) is 16.7. The van der Waals surface area contributed by atoms with Crippen LogP contribution in [0.3, 0.4) is 0 Å². The molecule has 5 heteroatoms. The van der Waals surface area contributed by atoms with Crippen LogP contribution in [0, 0.1) is 0 Å². The maximum atomic E-state index is 12.3. The molecule has 0 bridgehead atoms. The van der Waals surface area contributed by atoms with Gasteiger partial charge in [-0.2, -0.15) is 0 Å². The molecule has 1 aromatic carbocycles.